The molecule has 0 N–H and O–H groups in total. The lowest BCUT2D eigenvalue weighted by atomic mass is 9.76. The third-order valence-corrected chi connectivity index (χ3v) is 3.41. The summed E-state index contributed by atoms with van der Waals surface area (Å²) in [4.78, 5) is 11.0. The fraction of sp³-hybridized carbons (Fsp3) is 0.700. The number of rotatable bonds is 0. The number of hydrogen-bond donors (Lipinski definition) is 0. The van der Waals surface area contributed by atoms with Crippen LogP contribution in [0.1, 0.15) is 27.2 Å². The highest BCUT2D eigenvalue weighted by atomic mass is 16.5. The Morgan fingerprint density at radius 2 is 2.25 bits per heavy atom. The molecule has 0 bridgehead atoms. The van der Waals surface area contributed by atoms with Crippen LogP contribution in [0.2, 0.25) is 0 Å². The molecule has 2 rings (SSSR count). The van der Waals surface area contributed by atoms with Crippen molar-refractivity contribution >= 4 is 5.97 Å². The molecule has 0 aromatic rings. The Balaban J connectivity index is 2.32. The number of carbonyl (C=O) groups excluding carboxylic acids is 1. The number of carbonyl (C=O) groups is 1. The van der Waals surface area contributed by atoms with Crippen molar-refractivity contribution in [3.63, 3.8) is 0 Å². The lowest BCUT2D eigenvalue weighted by Crippen LogP contribution is -2.23. The largest absolute Gasteiger partial charge is 0.458 e. The second-order valence-corrected chi connectivity index (χ2v) is 4.34. The fourth-order valence-corrected chi connectivity index (χ4v) is 2.15. The highest BCUT2D eigenvalue weighted by Gasteiger charge is 2.48. The summed E-state index contributed by atoms with van der Waals surface area (Å²) >= 11 is 0. The molecule has 1 saturated heterocycles. The lowest BCUT2D eigenvalue weighted by molar-refractivity contribution is -0.140. The van der Waals surface area contributed by atoms with Crippen molar-refractivity contribution in [2.75, 3.05) is 0 Å². The van der Waals surface area contributed by atoms with Gasteiger partial charge in [-0.25, -0.2) is 0 Å². The van der Waals surface area contributed by atoms with Crippen LogP contribution < -0.4 is 0 Å². The lowest BCUT2D eigenvalue weighted by Gasteiger charge is -2.26. The smallest absolute Gasteiger partial charge is 0.306 e. The molecule has 2 heteroatoms. The van der Waals surface area contributed by atoms with Crippen LogP contribution in [0.4, 0.5) is 0 Å². The first-order chi connectivity index (χ1) is 5.51. The molecule has 0 amide bonds. The minimum atomic E-state index is -0.0400. The summed E-state index contributed by atoms with van der Waals surface area (Å²) in [6, 6.07) is 0. The Bertz CT molecular complexity index is 263. The van der Waals surface area contributed by atoms with Crippen molar-refractivity contribution in [3.8, 4) is 0 Å². The van der Waals surface area contributed by atoms with E-state index in [1.54, 1.807) is 0 Å². The Morgan fingerprint density at radius 1 is 1.58 bits per heavy atom. The molecular weight excluding hydrogens is 152 g/mol. The van der Waals surface area contributed by atoms with Crippen LogP contribution in [-0.2, 0) is 9.53 Å². The summed E-state index contributed by atoms with van der Waals surface area (Å²) in [5, 5.41) is 0. The second kappa shape index (κ2) is 2.12. The van der Waals surface area contributed by atoms with E-state index in [0.717, 1.165) is 0 Å². The first-order valence-electron chi connectivity index (χ1n) is 4.40. The van der Waals surface area contributed by atoms with Crippen molar-refractivity contribution in [1.82, 2.24) is 0 Å². The van der Waals surface area contributed by atoms with Gasteiger partial charge >= 0.3 is 5.97 Å². The van der Waals surface area contributed by atoms with E-state index in [1.165, 1.54) is 5.57 Å². The maximum atomic E-state index is 11.0. The van der Waals surface area contributed by atoms with E-state index < -0.39 is 0 Å². The van der Waals surface area contributed by atoms with Gasteiger partial charge in [-0.05, 0) is 18.4 Å². The first-order valence-corrected chi connectivity index (χ1v) is 4.40. The van der Waals surface area contributed by atoms with Crippen LogP contribution in [0.5, 0.6) is 0 Å². The normalized spacial score (nSPS) is 37.6. The second-order valence-electron chi connectivity index (χ2n) is 4.34. The number of allylic oxidation sites excluding steroid dienone is 1. The predicted octanol–water partition coefficient (Wildman–Crippen LogP) is 1.90. The van der Waals surface area contributed by atoms with Crippen molar-refractivity contribution in [2.24, 2.45) is 11.3 Å². The van der Waals surface area contributed by atoms with E-state index in [0.29, 0.717) is 12.3 Å². The van der Waals surface area contributed by atoms with Crippen LogP contribution in [0, 0.1) is 11.3 Å². The average molecular weight is 166 g/mol. The standard InChI is InChI=1S/C10H14O2/c1-6-4-8-7(10(6,2)3)5-9(11)12-8/h4,7-8H,5H2,1-3H3. The van der Waals surface area contributed by atoms with Crippen molar-refractivity contribution in [3.05, 3.63) is 11.6 Å². The quantitative estimate of drug-likeness (QED) is 0.406. The minimum Gasteiger partial charge on any atom is -0.458 e. The summed E-state index contributed by atoms with van der Waals surface area (Å²) in [7, 11) is 0. The van der Waals surface area contributed by atoms with Crippen LogP contribution in [0.25, 0.3) is 0 Å². The van der Waals surface area contributed by atoms with Crippen molar-refractivity contribution < 1.29 is 9.53 Å². The number of esters is 1. The molecule has 1 fully saturated rings. The average Bonchev–Trinajstić information content (AvgIpc) is 2.38. The van der Waals surface area contributed by atoms with E-state index in [-0.39, 0.29) is 17.5 Å². The molecule has 2 unspecified atom stereocenters. The molecule has 2 atom stereocenters. The minimum absolute atomic E-state index is 0.0400. The van der Waals surface area contributed by atoms with Gasteiger partial charge in [-0.1, -0.05) is 19.4 Å². The summed E-state index contributed by atoms with van der Waals surface area (Å²) in [6.45, 7) is 6.49. The summed E-state index contributed by atoms with van der Waals surface area (Å²) in [6.07, 6.45) is 2.74. The zero-order valence-corrected chi connectivity index (χ0v) is 7.76. The summed E-state index contributed by atoms with van der Waals surface area (Å²) < 4.78 is 5.18. The highest BCUT2D eigenvalue weighted by molar-refractivity contribution is 5.73. The monoisotopic (exact) mass is 166 g/mol. The topological polar surface area (TPSA) is 26.3 Å². The van der Waals surface area contributed by atoms with Gasteiger partial charge in [0.15, 0.2) is 0 Å². The van der Waals surface area contributed by atoms with Gasteiger partial charge in [-0.15, -0.1) is 0 Å². The maximum absolute atomic E-state index is 11.0. The van der Waals surface area contributed by atoms with Crippen molar-refractivity contribution in [2.45, 2.75) is 33.3 Å². The molecule has 0 aromatic heterocycles. The number of fused-ring (bicyclic) bond motifs is 1. The zero-order valence-electron chi connectivity index (χ0n) is 7.76. The van der Waals surface area contributed by atoms with E-state index >= 15 is 0 Å². The van der Waals surface area contributed by atoms with Gasteiger partial charge in [0.25, 0.3) is 0 Å². The molecule has 0 radical (unpaired) electrons. The number of hydrogen-bond acceptors (Lipinski definition) is 2. The highest BCUT2D eigenvalue weighted by Crippen LogP contribution is 2.48. The van der Waals surface area contributed by atoms with E-state index in [2.05, 4.69) is 26.8 Å². The SMILES string of the molecule is CC1=CC2OC(=O)CC2C1(C)C. The van der Waals surface area contributed by atoms with Gasteiger partial charge in [0, 0.05) is 5.92 Å². The van der Waals surface area contributed by atoms with Gasteiger partial charge in [0.1, 0.15) is 6.10 Å². The molecule has 0 saturated carbocycles. The van der Waals surface area contributed by atoms with Crippen LogP contribution in [-0.4, -0.2) is 12.1 Å². The van der Waals surface area contributed by atoms with E-state index in [4.69, 9.17) is 4.74 Å². The molecule has 2 aliphatic rings. The molecule has 66 valence electrons. The summed E-state index contributed by atoms with van der Waals surface area (Å²) in [5.41, 5.74) is 1.50. The Hall–Kier alpha value is -0.790. The van der Waals surface area contributed by atoms with Crippen molar-refractivity contribution in [1.29, 1.82) is 0 Å². The van der Waals surface area contributed by atoms with Crippen LogP contribution in [0.15, 0.2) is 11.6 Å². The van der Waals surface area contributed by atoms with E-state index in [1.807, 2.05) is 0 Å². The van der Waals surface area contributed by atoms with Gasteiger partial charge < -0.3 is 4.74 Å². The fourth-order valence-electron chi connectivity index (χ4n) is 2.15. The maximum Gasteiger partial charge on any atom is 0.306 e. The van der Waals surface area contributed by atoms with Gasteiger partial charge in [0.05, 0.1) is 6.42 Å². The van der Waals surface area contributed by atoms with Crippen LogP contribution in [0.3, 0.4) is 0 Å². The third-order valence-electron chi connectivity index (χ3n) is 3.41. The third kappa shape index (κ3) is 0.838. The van der Waals surface area contributed by atoms with E-state index in [9.17, 15) is 4.79 Å². The molecule has 1 heterocycles. The molecule has 1 aliphatic heterocycles. The Kier molecular flexibility index (Phi) is 1.39. The summed E-state index contributed by atoms with van der Waals surface area (Å²) in [5.74, 6) is 0.340. The predicted molar refractivity (Wildman–Crippen MR) is 45.5 cm³/mol. The van der Waals surface area contributed by atoms with Gasteiger partial charge in [-0.3, -0.25) is 4.79 Å². The van der Waals surface area contributed by atoms with Gasteiger partial charge in [-0.2, -0.15) is 0 Å². The van der Waals surface area contributed by atoms with Gasteiger partial charge in [0.2, 0.25) is 0 Å². The molecule has 2 nitrogen and oxygen atoms in total. The molecule has 1 aliphatic carbocycles. The number of ether oxygens (including phenoxy) is 1. The Morgan fingerprint density at radius 3 is 2.83 bits per heavy atom. The first kappa shape index (κ1) is 7.84. The Labute approximate surface area is 72.6 Å². The molecule has 12 heavy (non-hydrogen) atoms. The molecular formula is C10H14O2. The van der Waals surface area contributed by atoms with Crippen LogP contribution >= 0.6 is 0 Å². The molecule has 0 spiro atoms. The zero-order chi connectivity index (χ0) is 8.93. The molecule has 0 aromatic carbocycles.